The molecule has 3 aromatic rings. The van der Waals surface area contributed by atoms with Crippen molar-refractivity contribution in [3.8, 4) is 17.2 Å². The Kier molecular flexibility index (Phi) is 6.69. The van der Waals surface area contributed by atoms with Crippen molar-refractivity contribution in [2.24, 2.45) is 0 Å². The molecule has 1 aliphatic heterocycles. The number of anilines is 1. The second-order valence-electron chi connectivity index (χ2n) is 7.21. The van der Waals surface area contributed by atoms with Crippen LogP contribution in [0.15, 0.2) is 78.9 Å². The van der Waals surface area contributed by atoms with Crippen molar-refractivity contribution >= 4 is 5.69 Å². The van der Waals surface area contributed by atoms with Crippen LogP contribution >= 0.6 is 0 Å². The molecule has 1 fully saturated rings. The molecule has 156 valence electrons. The Morgan fingerprint density at radius 1 is 0.767 bits per heavy atom. The Balaban J connectivity index is 1.24. The third-order valence-electron chi connectivity index (χ3n) is 4.97. The van der Waals surface area contributed by atoms with E-state index in [0.717, 1.165) is 23.7 Å². The molecule has 30 heavy (non-hydrogen) atoms. The van der Waals surface area contributed by atoms with Gasteiger partial charge in [-0.25, -0.2) is 5.43 Å². The Labute approximate surface area is 176 Å². The fourth-order valence-corrected chi connectivity index (χ4v) is 3.41. The van der Waals surface area contributed by atoms with Crippen molar-refractivity contribution in [1.82, 2.24) is 10.9 Å². The number of para-hydroxylation sites is 3. The Morgan fingerprint density at radius 3 is 2.33 bits per heavy atom. The average molecular weight is 405 g/mol. The molecule has 0 bridgehead atoms. The van der Waals surface area contributed by atoms with E-state index < -0.39 is 0 Å². The Hall–Kier alpha value is -3.22. The standard InChI is InChI=1S/C24H27N3O3/c25-22-11-4-5-12-24(22)30-17-19-16-23(27-26-19)18-7-6-10-21(15-18)29-14-13-28-20-8-2-1-3-9-20/h1-12,15,19,23,26-27H,13-14,16-17,25H2. The summed E-state index contributed by atoms with van der Waals surface area (Å²) in [7, 11) is 0. The zero-order valence-electron chi connectivity index (χ0n) is 16.8. The van der Waals surface area contributed by atoms with E-state index in [1.54, 1.807) is 0 Å². The van der Waals surface area contributed by atoms with Crippen LogP contribution in [0.2, 0.25) is 0 Å². The van der Waals surface area contributed by atoms with Gasteiger partial charge >= 0.3 is 0 Å². The molecule has 0 aromatic heterocycles. The summed E-state index contributed by atoms with van der Waals surface area (Å²) >= 11 is 0. The molecule has 4 N–H and O–H groups in total. The Morgan fingerprint density at radius 2 is 1.50 bits per heavy atom. The molecular formula is C24H27N3O3. The topological polar surface area (TPSA) is 77.8 Å². The number of hydrogen-bond donors (Lipinski definition) is 3. The highest BCUT2D eigenvalue weighted by Gasteiger charge is 2.25. The number of benzene rings is 3. The Bertz CT molecular complexity index is 936. The van der Waals surface area contributed by atoms with E-state index in [0.29, 0.717) is 25.5 Å². The van der Waals surface area contributed by atoms with Crippen molar-refractivity contribution in [3.05, 3.63) is 84.4 Å². The third-order valence-corrected chi connectivity index (χ3v) is 4.97. The normalized spacial score (nSPS) is 18.1. The zero-order chi connectivity index (χ0) is 20.6. The SMILES string of the molecule is Nc1ccccc1OCC1CC(c2cccc(OCCOc3ccccc3)c2)NN1. The van der Waals surface area contributed by atoms with Crippen LogP contribution in [-0.4, -0.2) is 25.9 Å². The highest BCUT2D eigenvalue weighted by Crippen LogP contribution is 2.26. The predicted molar refractivity (Wildman–Crippen MR) is 118 cm³/mol. The number of nitrogens with two attached hydrogens (primary N) is 1. The van der Waals surface area contributed by atoms with Crippen LogP contribution < -0.4 is 30.8 Å². The molecule has 1 aliphatic rings. The van der Waals surface area contributed by atoms with E-state index in [1.807, 2.05) is 66.7 Å². The largest absolute Gasteiger partial charge is 0.490 e. The number of ether oxygens (including phenoxy) is 3. The first kappa shape index (κ1) is 20.1. The van der Waals surface area contributed by atoms with Crippen LogP contribution in [0.5, 0.6) is 17.2 Å². The van der Waals surface area contributed by atoms with Crippen molar-refractivity contribution in [1.29, 1.82) is 0 Å². The second-order valence-corrected chi connectivity index (χ2v) is 7.21. The predicted octanol–water partition coefficient (Wildman–Crippen LogP) is 3.71. The minimum absolute atomic E-state index is 0.191. The number of nitrogen functional groups attached to an aromatic ring is 1. The summed E-state index contributed by atoms with van der Waals surface area (Å²) in [5.41, 5.74) is 14.4. The molecule has 0 aliphatic carbocycles. The van der Waals surface area contributed by atoms with Crippen molar-refractivity contribution in [2.45, 2.75) is 18.5 Å². The first-order valence-corrected chi connectivity index (χ1v) is 10.2. The fourth-order valence-electron chi connectivity index (χ4n) is 3.41. The number of hydrogen-bond acceptors (Lipinski definition) is 6. The van der Waals surface area contributed by atoms with E-state index >= 15 is 0 Å². The van der Waals surface area contributed by atoms with Gasteiger partial charge in [-0.3, -0.25) is 5.43 Å². The minimum atomic E-state index is 0.191. The molecule has 2 atom stereocenters. The lowest BCUT2D eigenvalue weighted by Crippen LogP contribution is -2.34. The molecular weight excluding hydrogens is 378 g/mol. The van der Waals surface area contributed by atoms with E-state index in [1.165, 1.54) is 5.56 Å². The quantitative estimate of drug-likeness (QED) is 0.372. The van der Waals surface area contributed by atoms with Gasteiger partial charge in [-0.15, -0.1) is 0 Å². The second kappa shape index (κ2) is 10.0. The van der Waals surface area contributed by atoms with Gasteiger partial charge in [0, 0.05) is 6.04 Å². The van der Waals surface area contributed by atoms with Crippen LogP contribution in [0.3, 0.4) is 0 Å². The zero-order valence-corrected chi connectivity index (χ0v) is 16.8. The summed E-state index contributed by atoms with van der Waals surface area (Å²) in [6.07, 6.45) is 0.910. The molecule has 1 heterocycles. The molecule has 4 rings (SSSR count). The van der Waals surface area contributed by atoms with Gasteiger partial charge in [-0.2, -0.15) is 0 Å². The monoisotopic (exact) mass is 405 g/mol. The number of hydrazine groups is 1. The maximum Gasteiger partial charge on any atom is 0.142 e. The van der Waals surface area contributed by atoms with Gasteiger partial charge in [0.25, 0.3) is 0 Å². The maximum absolute atomic E-state index is 5.94. The molecule has 1 saturated heterocycles. The van der Waals surface area contributed by atoms with Crippen LogP contribution in [0.4, 0.5) is 5.69 Å². The average Bonchev–Trinajstić information content (AvgIpc) is 3.26. The highest BCUT2D eigenvalue weighted by molar-refractivity contribution is 5.51. The van der Waals surface area contributed by atoms with Gasteiger partial charge in [0.1, 0.15) is 37.1 Å². The molecule has 0 saturated carbocycles. The van der Waals surface area contributed by atoms with E-state index in [2.05, 4.69) is 23.0 Å². The molecule has 2 unspecified atom stereocenters. The van der Waals surface area contributed by atoms with Gasteiger partial charge in [-0.05, 0) is 48.4 Å². The number of rotatable bonds is 9. The van der Waals surface area contributed by atoms with E-state index in [9.17, 15) is 0 Å². The summed E-state index contributed by atoms with van der Waals surface area (Å²) in [6, 6.07) is 25.8. The van der Waals surface area contributed by atoms with Crippen LogP contribution in [-0.2, 0) is 0 Å². The van der Waals surface area contributed by atoms with Crippen molar-refractivity contribution in [2.75, 3.05) is 25.6 Å². The molecule has 3 aromatic carbocycles. The lowest BCUT2D eigenvalue weighted by atomic mass is 10.0. The summed E-state index contributed by atoms with van der Waals surface area (Å²) in [4.78, 5) is 0. The smallest absolute Gasteiger partial charge is 0.142 e. The third kappa shape index (κ3) is 5.43. The lowest BCUT2D eigenvalue weighted by molar-refractivity contribution is 0.217. The fraction of sp³-hybridized carbons (Fsp3) is 0.250. The van der Waals surface area contributed by atoms with Gasteiger partial charge in [0.2, 0.25) is 0 Å². The first-order valence-electron chi connectivity index (χ1n) is 10.2. The van der Waals surface area contributed by atoms with E-state index in [4.69, 9.17) is 19.9 Å². The lowest BCUT2D eigenvalue weighted by Gasteiger charge is -2.14. The summed E-state index contributed by atoms with van der Waals surface area (Å²) in [6.45, 7) is 1.54. The minimum Gasteiger partial charge on any atom is -0.490 e. The molecule has 6 nitrogen and oxygen atoms in total. The summed E-state index contributed by atoms with van der Waals surface area (Å²) in [5, 5.41) is 0. The van der Waals surface area contributed by atoms with Crippen molar-refractivity contribution in [3.63, 3.8) is 0 Å². The van der Waals surface area contributed by atoms with Gasteiger partial charge in [-0.1, -0.05) is 42.5 Å². The van der Waals surface area contributed by atoms with Crippen LogP contribution in [0.25, 0.3) is 0 Å². The highest BCUT2D eigenvalue weighted by atomic mass is 16.5. The molecule has 0 spiro atoms. The molecule has 0 radical (unpaired) electrons. The van der Waals surface area contributed by atoms with Crippen molar-refractivity contribution < 1.29 is 14.2 Å². The first-order chi connectivity index (χ1) is 14.8. The molecule has 6 heteroatoms. The van der Waals surface area contributed by atoms with Gasteiger partial charge in [0.15, 0.2) is 0 Å². The summed E-state index contributed by atoms with van der Waals surface area (Å²) < 4.78 is 17.4. The maximum atomic E-state index is 5.94. The number of nitrogens with one attached hydrogen (secondary N) is 2. The van der Waals surface area contributed by atoms with E-state index in [-0.39, 0.29) is 12.1 Å². The molecule has 0 amide bonds. The van der Waals surface area contributed by atoms with Crippen LogP contribution in [0, 0.1) is 0 Å². The van der Waals surface area contributed by atoms with Crippen LogP contribution in [0.1, 0.15) is 18.0 Å². The van der Waals surface area contributed by atoms with Gasteiger partial charge in [0.05, 0.1) is 11.7 Å². The van der Waals surface area contributed by atoms with Gasteiger partial charge < -0.3 is 19.9 Å². The summed E-state index contributed by atoms with van der Waals surface area (Å²) in [5.74, 6) is 2.40.